The summed E-state index contributed by atoms with van der Waals surface area (Å²) in [7, 11) is -3.19. The number of hydrogen-bond acceptors (Lipinski definition) is 3. The van der Waals surface area contributed by atoms with Gasteiger partial charge in [-0.05, 0) is 43.9 Å². The van der Waals surface area contributed by atoms with E-state index < -0.39 is 9.84 Å². The van der Waals surface area contributed by atoms with Crippen LogP contribution in [0.5, 0.6) is 0 Å². The maximum absolute atomic E-state index is 12.8. The Bertz CT molecular complexity index is 631. The minimum absolute atomic E-state index is 0.151. The van der Waals surface area contributed by atoms with Crippen molar-refractivity contribution in [1.29, 1.82) is 0 Å². The minimum Gasteiger partial charge on any atom is -0.337 e. The summed E-state index contributed by atoms with van der Waals surface area (Å²) in [5.74, 6) is 0.151. The van der Waals surface area contributed by atoms with Crippen LogP contribution in [0, 0.1) is 0 Å². The number of sulfone groups is 1. The first kappa shape index (κ1) is 18.0. The third kappa shape index (κ3) is 4.56. The number of rotatable bonds is 6. The normalized spacial score (nSPS) is 17.2. The van der Waals surface area contributed by atoms with Gasteiger partial charge in [-0.3, -0.25) is 4.79 Å². The van der Waals surface area contributed by atoms with Crippen molar-refractivity contribution in [2.24, 2.45) is 0 Å². The predicted molar refractivity (Wildman–Crippen MR) is 92.1 cm³/mol. The highest BCUT2D eigenvalue weighted by molar-refractivity contribution is 7.90. The van der Waals surface area contributed by atoms with Gasteiger partial charge in [0.15, 0.2) is 9.84 Å². The minimum atomic E-state index is -3.19. The summed E-state index contributed by atoms with van der Waals surface area (Å²) in [6.45, 7) is 4.23. The molecule has 23 heavy (non-hydrogen) atoms. The van der Waals surface area contributed by atoms with Crippen LogP contribution in [0.2, 0.25) is 0 Å². The van der Waals surface area contributed by atoms with Crippen molar-refractivity contribution in [1.82, 2.24) is 4.90 Å². The zero-order chi connectivity index (χ0) is 17.0. The molecule has 0 saturated heterocycles. The molecule has 5 heteroatoms. The van der Waals surface area contributed by atoms with Gasteiger partial charge in [-0.1, -0.05) is 31.9 Å². The zero-order valence-corrected chi connectivity index (χ0v) is 15.1. The second-order valence-electron chi connectivity index (χ2n) is 6.59. The van der Waals surface area contributed by atoms with Crippen LogP contribution in [0.3, 0.4) is 0 Å². The predicted octanol–water partition coefficient (Wildman–Crippen LogP) is 3.20. The summed E-state index contributed by atoms with van der Waals surface area (Å²) in [5.41, 5.74) is 0.869. The summed E-state index contributed by atoms with van der Waals surface area (Å²) in [4.78, 5) is 15.2. The van der Waals surface area contributed by atoms with Crippen molar-refractivity contribution in [3.8, 4) is 0 Å². The highest BCUT2D eigenvalue weighted by Crippen LogP contribution is 2.26. The Balaban J connectivity index is 2.11. The summed E-state index contributed by atoms with van der Waals surface area (Å²) in [5, 5.41) is 0. The van der Waals surface area contributed by atoms with Gasteiger partial charge in [0.05, 0.1) is 11.3 Å². The zero-order valence-electron chi connectivity index (χ0n) is 14.3. The van der Waals surface area contributed by atoms with E-state index in [-0.39, 0.29) is 11.9 Å². The molecule has 2 rings (SSSR count). The van der Waals surface area contributed by atoms with Crippen LogP contribution in [0.15, 0.2) is 29.2 Å². The van der Waals surface area contributed by atoms with Crippen LogP contribution in [0.4, 0.5) is 0 Å². The van der Waals surface area contributed by atoms with E-state index in [0.717, 1.165) is 24.8 Å². The molecule has 0 N–H and O–H groups in total. The van der Waals surface area contributed by atoms with Gasteiger partial charge in [0.1, 0.15) is 0 Å². The Morgan fingerprint density at radius 1 is 1.22 bits per heavy atom. The molecule has 1 aliphatic rings. The summed E-state index contributed by atoms with van der Waals surface area (Å²) in [6, 6.07) is 7.28. The number of carbonyl (C=O) groups excluding carboxylic acids is 1. The number of nitrogens with zero attached hydrogens (tertiary/aromatic N) is 1. The molecule has 4 nitrogen and oxygen atoms in total. The van der Waals surface area contributed by atoms with Crippen LogP contribution < -0.4 is 0 Å². The van der Waals surface area contributed by atoms with Crippen molar-refractivity contribution in [2.45, 2.75) is 69.4 Å². The lowest BCUT2D eigenvalue weighted by molar-refractivity contribution is -0.135. The molecule has 0 unspecified atom stereocenters. The summed E-state index contributed by atoms with van der Waals surface area (Å²) < 4.78 is 23.0. The fourth-order valence-corrected chi connectivity index (χ4v) is 3.94. The van der Waals surface area contributed by atoms with Gasteiger partial charge in [-0.2, -0.15) is 0 Å². The Morgan fingerprint density at radius 3 is 2.26 bits per heavy atom. The standard InChI is InChI=1S/C18H27NO3S/c1-4-14(2)19(16-7-5-6-8-16)18(20)13-15-9-11-17(12-10-15)23(3,21)22/h9-12,14,16H,4-8,13H2,1-3H3/t14-/m1/s1. The van der Waals surface area contributed by atoms with E-state index in [2.05, 4.69) is 18.7 Å². The topological polar surface area (TPSA) is 54.5 Å². The molecule has 0 aliphatic heterocycles. The van der Waals surface area contributed by atoms with Crippen molar-refractivity contribution in [3.05, 3.63) is 29.8 Å². The maximum Gasteiger partial charge on any atom is 0.227 e. The second-order valence-corrected chi connectivity index (χ2v) is 8.61. The lowest BCUT2D eigenvalue weighted by Crippen LogP contribution is -2.45. The average molecular weight is 337 g/mol. The Kier molecular flexibility index (Phi) is 5.84. The molecule has 0 radical (unpaired) electrons. The Labute approximate surface area is 139 Å². The highest BCUT2D eigenvalue weighted by Gasteiger charge is 2.29. The molecule has 1 saturated carbocycles. The maximum atomic E-state index is 12.8. The lowest BCUT2D eigenvalue weighted by Gasteiger charge is -2.34. The van der Waals surface area contributed by atoms with Gasteiger partial charge in [-0.25, -0.2) is 8.42 Å². The van der Waals surface area contributed by atoms with E-state index >= 15 is 0 Å². The molecule has 128 valence electrons. The number of amides is 1. The lowest BCUT2D eigenvalue weighted by atomic mass is 10.1. The van der Waals surface area contributed by atoms with Gasteiger partial charge in [0.2, 0.25) is 5.91 Å². The molecule has 1 atom stereocenters. The molecule has 1 amide bonds. The van der Waals surface area contributed by atoms with Crippen molar-refractivity contribution < 1.29 is 13.2 Å². The van der Waals surface area contributed by atoms with Crippen molar-refractivity contribution in [3.63, 3.8) is 0 Å². The van der Waals surface area contributed by atoms with Gasteiger partial charge in [-0.15, -0.1) is 0 Å². The van der Waals surface area contributed by atoms with Crippen molar-refractivity contribution >= 4 is 15.7 Å². The Hall–Kier alpha value is -1.36. The van der Waals surface area contributed by atoms with E-state index in [4.69, 9.17) is 0 Å². The fourth-order valence-electron chi connectivity index (χ4n) is 3.31. The molecule has 0 heterocycles. The van der Waals surface area contributed by atoms with Crippen molar-refractivity contribution in [2.75, 3.05) is 6.26 Å². The average Bonchev–Trinajstić information content (AvgIpc) is 3.00. The van der Waals surface area contributed by atoms with Crippen LogP contribution in [-0.4, -0.2) is 37.6 Å². The van der Waals surface area contributed by atoms with Gasteiger partial charge >= 0.3 is 0 Å². The van der Waals surface area contributed by atoms with Gasteiger partial charge < -0.3 is 4.90 Å². The molecule has 0 bridgehead atoms. The van der Waals surface area contributed by atoms with Crippen LogP contribution in [0.1, 0.15) is 51.5 Å². The van der Waals surface area contributed by atoms with E-state index in [1.807, 2.05) is 0 Å². The third-order valence-electron chi connectivity index (χ3n) is 4.78. The summed E-state index contributed by atoms with van der Waals surface area (Å²) >= 11 is 0. The first-order valence-corrected chi connectivity index (χ1v) is 10.3. The molecular weight excluding hydrogens is 310 g/mol. The van der Waals surface area contributed by atoms with Crippen LogP contribution >= 0.6 is 0 Å². The van der Waals surface area contributed by atoms with Gasteiger partial charge in [0, 0.05) is 18.3 Å². The molecule has 0 aromatic heterocycles. The summed E-state index contributed by atoms with van der Waals surface area (Å²) in [6.07, 6.45) is 7.09. The quantitative estimate of drug-likeness (QED) is 0.801. The molecule has 1 aromatic carbocycles. The highest BCUT2D eigenvalue weighted by atomic mass is 32.2. The molecule has 0 spiro atoms. The number of hydrogen-bond donors (Lipinski definition) is 0. The van der Waals surface area contributed by atoms with E-state index in [1.165, 1.54) is 19.1 Å². The monoisotopic (exact) mass is 337 g/mol. The van der Waals surface area contributed by atoms with Crippen LogP contribution in [0.25, 0.3) is 0 Å². The van der Waals surface area contributed by atoms with E-state index in [9.17, 15) is 13.2 Å². The van der Waals surface area contributed by atoms with Gasteiger partial charge in [0.25, 0.3) is 0 Å². The third-order valence-corrected chi connectivity index (χ3v) is 5.91. The number of benzene rings is 1. The first-order chi connectivity index (χ1) is 10.8. The fraction of sp³-hybridized carbons (Fsp3) is 0.611. The second kappa shape index (κ2) is 7.47. The van der Waals surface area contributed by atoms with Crippen LogP contribution in [-0.2, 0) is 21.1 Å². The SMILES string of the molecule is CC[C@@H](C)N(C(=O)Cc1ccc(S(C)(=O)=O)cc1)C1CCCC1. The Morgan fingerprint density at radius 2 is 1.78 bits per heavy atom. The first-order valence-electron chi connectivity index (χ1n) is 8.43. The molecule has 1 fully saturated rings. The van der Waals surface area contributed by atoms with E-state index in [1.54, 1.807) is 24.3 Å². The smallest absolute Gasteiger partial charge is 0.227 e. The number of carbonyl (C=O) groups is 1. The molecule has 1 aliphatic carbocycles. The molecular formula is C18H27NO3S. The largest absolute Gasteiger partial charge is 0.337 e. The van der Waals surface area contributed by atoms with E-state index in [0.29, 0.717) is 17.4 Å². The molecule has 1 aromatic rings.